The van der Waals surface area contributed by atoms with E-state index in [4.69, 9.17) is 11.6 Å². The van der Waals surface area contributed by atoms with Crippen LogP contribution >= 0.6 is 11.6 Å². The summed E-state index contributed by atoms with van der Waals surface area (Å²) in [6.07, 6.45) is 0.809. The van der Waals surface area contributed by atoms with Gasteiger partial charge in [0.05, 0.1) is 26.2 Å². The van der Waals surface area contributed by atoms with Crippen molar-refractivity contribution in [3.8, 4) is 0 Å². The Morgan fingerprint density at radius 3 is 2.56 bits per heavy atom. The molecule has 1 heterocycles. The van der Waals surface area contributed by atoms with Gasteiger partial charge in [-0.15, -0.1) is 0 Å². The van der Waals surface area contributed by atoms with Crippen molar-refractivity contribution in [3.05, 3.63) is 65.2 Å². The summed E-state index contributed by atoms with van der Waals surface area (Å²) in [5, 5.41) is 3.76. The molecule has 1 amide bonds. The number of quaternary nitrogens is 1. The molecular formula is C20H25ClN3O+. The molecule has 2 aromatic carbocycles. The Kier molecular flexibility index (Phi) is 6.31. The van der Waals surface area contributed by atoms with Crippen molar-refractivity contribution in [1.29, 1.82) is 0 Å². The number of anilines is 1. The lowest BCUT2D eigenvalue weighted by molar-refractivity contribution is -0.892. The normalized spacial score (nSPS) is 15.2. The van der Waals surface area contributed by atoms with E-state index >= 15 is 0 Å². The molecule has 0 spiro atoms. The zero-order valence-corrected chi connectivity index (χ0v) is 15.1. The SMILES string of the molecule is O=C(C[NH+]1CCN(c2ccccc2)CC1)NCCc1cccc(Cl)c1. The van der Waals surface area contributed by atoms with Crippen LogP contribution in [0.25, 0.3) is 0 Å². The summed E-state index contributed by atoms with van der Waals surface area (Å²) in [7, 11) is 0. The van der Waals surface area contributed by atoms with Crippen molar-refractivity contribution < 1.29 is 9.69 Å². The first-order chi connectivity index (χ1) is 12.2. The highest BCUT2D eigenvalue weighted by Crippen LogP contribution is 2.12. The van der Waals surface area contributed by atoms with Crippen molar-refractivity contribution in [2.75, 3.05) is 44.2 Å². The molecule has 0 bridgehead atoms. The Morgan fingerprint density at radius 2 is 1.84 bits per heavy atom. The Labute approximate surface area is 154 Å². The van der Waals surface area contributed by atoms with Crippen LogP contribution in [0.4, 0.5) is 5.69 Å². The highest BCUT2D eigenvalue weighted by Gasteiger charge is 2.21. The molecule has 0 atom stereocenters. The molecule has 132 valence electrons. The van der Waals surface area contributed by atoms with Gasteiger partial charge in [0.1, 0.15) is 0 Å². The van der Waals surface area contributed by atoms with Gasteiger partial charge in [-0.3, -0.25) is 4.79 Å². The number of carbonyl (C=O) groups excluding carboxylic acids is 1. The van der Waals surface area contributed by atoms with Gasteiger partial charge in [0, 0.05) is 17.3 Å². The van der Waals surface area contributed by atoms with Crippen LogP contribution in [0.15, 0.2) is 54.6 Å². The van der Waals surface area contributed by atoms with Gasteiger partial charge in [-0.25, -0.2) is 0 Å². The molecule has 25 heavy (non-hydrogen) atoms. The Bertz CT molecular complexity index is 684. The molecule has 2 N–H and O–H groups in total. The molecule has 2 aromatic rings. The number of hydrogen-bond donors (Lipinski definition) is 2. The lowest BCUT2D eigenvalue weighted by atomic mass is 10.1. The largest absolute Gasteiger partial charge is 0.360 e. The maximum atomic E-state index is 12.1. The van der Waals surface area contributed by atoms with Crippen LogP contribution in [0.2, 0.25) is 5.02 Å². The molecule has 0 saturated carbocycles. The topological polar surface area (TPSA) is 36.8 Å². The van der Waals surface area contributed by atoms with E-state index in [1.807, 2.05) is 30.3 Å². The molecule has 0 aromatic heterocycles. The van der Waals surface area contributed by atoms with Gasteiger partial charge in [-0.1, -0.05) is 41.9 Å². The summed E-state index contributed by atoms with van der Waals surface area (Å²) < 4.78 is 0. The second-order valence-corrected chi connectivity index (χ2v) is 6.92. The molecular weight excluding hydrogens is 334 g/mol. The van der Waals surface area contributed by atoms with Gasteiger partial charge in [0.25, 0.3) is 5.91 Å². The second kappa shape index (κ2) is 8.88. The number of para-hydroxylation sites is 1. The van der Waals surface area contributed by atoms with Gasteiger partial charge < -0.3 is 15.1 Å². The van der Waals surface area contributed by atoms with Gasteiger partial charge in [0.2, 0.25) is 0 Å². The summed E-state index contributed by atoms with van der Waals surface area (Å²) >= 11 is 5.98. The van der Waals surface area contributed by atoms with Gasteiger partial charge in [-0.05, 0) is 36.2 Å². The van der Waals surface area contributed by atoms with Crippen LogP contribution < -0.4 is 15.1 Å². The smallest absolute Gasteiger partial charge is 0.275 e. The van der Waals surface area contributed by atoms with Gasteiger partial charge in [-0.2, -0.15) is 0 Å². The molecule has 1 fully saturated rings. The molecule has 1 aliphatic heterocycles. The Balaban J connectivity index is 1.36. The standard InChI is InChI=1S/C20H24ClN3O/c21-18-6-4-5-17(15-18)9-10-22-20(25)16-23-11-13-24(14-12-23)19-7-2-1-3-8-19/h1-8,15H,9-14,16H2,(H,22,25)/p+1. The minimum atomic E-state index is 0.130. The zero-order chi connectivity index (χ0) is 17.5. The summed E-state index contributed by atoms with van der Waals surface area (Å²) in [6.45, 7) is 5.19. The van der Waals surface area contributed by atoms with Crippen LogP contribution in [-0.2, 0) is 11.2 Å². The second-order valence-electron chi connectivity index (χ2n) is 6.48. The Hall–Kier alpha value is -2.04. The van der Waals surface area contributed by atoms with Gasteiger partial charge >= 0.3 is 0 Å². The van der Waals surface area contributed by atoms with E-state index in [0.717, 1.165) is 43.2 Å². The molecule has 1 saturated heterocycles. The minimum Gasteiger partial charge on any atom is -0.360 e. The molecule has 4 nitrogen and oxygen atoms in total. The molecule has 5 heteroatoms. The first-order valence-corrected chi connectivity index (χ1v) is 9.23. The quantitative estimate of drug-likeness (QED) is 0.819. The van der Waals surface area contributed by atoms with Crippen LogP contribution in [0.5, 0.6) is 0 Å². The third-order valence-electron chi connectivity index (χ3n) is 4.63. The number of hydrogen-bond acceptors (Lipinski definition) is 2. The Morgan fingerprint density at radius 1 is 1.08 bits per heavy atom. The predicted molar refractivity (Wildman–Crippen MR) is 102 cm³/mol. The molecule has 0 radical (unpaired) electrons. The molecule has 0 unspecified atom stereocenters. The number of benzene rings is 2. The minimum absolute atomic E-state index is 0.130. The average Bonchev–Trinajstić information content (AvgIpc) is 2.63. The van der Waals surface area contributed by atoms with Crippen molar-refractivity contribution >= 4 is 23.2 Å². The summed E-state index contributed by atoms with van der Waals surface area (Å²) in [6, 6.07) is 18.3. The lowest BCUT2D eigenvalue weighted by Crippen LogP contribution is -3.16. The van der Waals surface area contributed by atoms with Crippen molar-refractivity contribution in [2.24, 2.45) is 0 Å². The van der Waals surface area contributed by atoms with E-state index in [1.165, 1.54) is 10.6 Å². The van der Waals surface area contributed by atoms with E-state index in [-0.39, 0.29) is 5.91 Å². The lowest BCUT2D eigenvalue weighted by Gasteiger charge is -2.33. The first-order valence-electron chi connectivity index (χ1n) is 8.85. The summed E-state index contributed by atoms with van der Waals surface area (Å²) in [5.41, 5.74) is 2.42. The fraction of sp³-hybridized carbons (Fsp3) is 0.350. The van der Waals surface area contributed by atoms with E-state index in [1.54, 1.807) is 0 Å². The van der Waals surface area contributed by atoms with E-state index in [9.17, 15) is 4.79 Å². The number of nitrogens with zero attached hydrogens (tertiary/aromatic N) is 1. The van der Waals surface area contributed by atoms with Crippen molar-refractivity contribution in [3.63, 3.8) is 0 Å². The van der Waals surface area contributed by atoms with Gasteiger partial charge in [0.15, 0.2) is 6.54 Å². The maximum absolute atomic E-state index is 12.1. The average molecular weight is 359 g/mol. The summed E-state index contributed by atoms with van der Waals surface area (Å²) in [4.78, 5) is 15.9. The fourth-order valence-corrected chi connectivity index (χ4v) is 3.44. The van der Waals surface area contributed by atoms with Crippen molar-refractivity contribution in [2.45, 2.75) is 6.42 Å². The molecule has 1 aliphatic rings. The zero-order valence-electron chi connectivity index (χ0n) is 14.4. The predicted octanol–water partition coefficient (Wildman–Crippen LogP) is 1.40. The highest BCUT2D eigenvalue weighted by atomic mass is 35.5. The van der Waals surface area contributed by atoms with Crippen LogP contribution in [0.3, 0.4) is 0 Å². The fourth-order valence-electron chi connectivity index (χ4n) is 3.23. The number of halogens is 1. The van der Waals surface area contributed by atoms with E-state index < -0.39 is 0 Å². The van der Waals surface area contributed by atoms with Crippen LogP contribution in [0, 0.1) is 0 Å². The van der Waals surface area contributed by atoms with Crippen molar-refractivity contribution in [1.82, 2.24) is 5.32 Å². The van der Waals surface area contributed by atoms with Crippen LogP contribution in [-0.4, -0.2) is 45.2 Å². The molecule has 3 rings (SSSR count). The number of amides is 1. The number of nitrogens with one attached hydrogen (secondary N) is 2. The van der Waals surface area contributed by atoms with E-state index in [2.05, 4.69) is 34.5 Å². The third kappa shape index (κ3) is 5.48. The highest BCUT2D eigenvalue weighted by molar-refractivity contribution is 6.30. The van der Waals surface area contributed by atoms with Crippen LogP contribution in [0.1, 0.15) is 5.56 Å². The summed E-state index contributed by atoms with van der Waals surface area (Å²) in [5.74, 6) is 0.130. The molecule has 0 aliphatic carbocycles. The number of carbonyl (C=O) groups is 1. The number of piperazine rings is 1. The maximum Gasteiger partial charge on any atom is 0.275 e. The monoisotopic (exact) mass is 358 g/mol. The number of rotatable bonds is 6. The van der Waals surface area contributed by atoms with E-state index in [0.29, 0.717) is 13.1 Å². The third-order valence-corrected chi connectivity index (χ3v) is 4.86. The first kappa shape index (κ1) is 17.8.